The first-order valence-corrected chi connectivity index (χ1v) is 5.98. The predicted molar refractivity (Wildman–Crippen MR) is 67.4 cm³/mol. The first kappa shape index (κ1) is 15.3. The van der Waals surface area contributed by atoms with E-state index in [1.807, 2.05) is 0 Å². The second-order valence-corrected chi connectivity index (χ2v) is 4.21. The van der Waals surface area contributed by atoms with Crippen LogP contribution in [0.4, 0.5) is 23.2 Å². The molecule has 0 aliphatic rings. The van der Waals surface area contributed by atoms with Crippen molar-refractivity contribution in [3.63, 3.8) is 0 Å². The molecule has 0 atom stereocenters. The van der Waals surface area contributed by atoms with Crippen molar-refractivity contribution >= 4 is 17.3 Å². The van der Waals surface area contributed by atoms with Crippen molar-refractivity contribution in [2.75, 3.05) is 5.32 Å². The van der Waals surface area contributed by atoms with E-state index in [1.54, 1.807) is 0 Å². The maximum absolute atomic E-state index is 13.6. The van der Waals surface area contributed by atoms with Crippen molar-refractivity contribution in [1.29, 1.82) is 0 Å². The Balaban J connectivity index is 2.02. The van der Waals surface area contributed by atoms with E-state index in [1.165, 1.54) is 18.5 Å². The normalized spacial score (nSPS) is 10.8. The van der Waals surface area contributed by atoms with E-state index in [4.69, 9.17) is 11.6 Å². The summed E-state index contributed by atoms with van der Waals surface area (Å²) in [6, 6.07) is 1.74. The van der Waals surface area contributed by atoms with Crippen LogP contribution < -0.4 is 10.1 Å². The zero-order valence-corrected chi connectivity index (χ0v) is 11.0. The average molecular weight is 322 g/mol. The number of nitrogens with one attached hydrogen (secondary N) is 1. The molecule has 0 aliphatic heterocycles. The Hall–Kier alpha value is -2.09. The first-order valence-electron chi connectivity index (χ1n) is 5.60. The van der Waals surface area contributed by atoms with Crippen LogP contribution >= 0.6 is 11.6 Å². The van der Waals surface area contributed by atoms with E-state index in [-0.39, 0.29) is 12.2 Å². The quantitative estimate of drug-likeness (QED) is 0.675. The minimum absolute atomic E-state index is 0.00527. The fraction of sp³-hybridized carbons (Fsp3) is 0.167. The average Bonchev–Trinajstić information content (AvgIpc) is 2.45. The summed E-state index contributed by atoms with van der Waals surface area (Å²) >= 11 is 5.43. The minimum atomic E-state index is -3.01. The van der Waals surface area contributed by atoms with Gasteiger partial charge in [-0.1, -0.05) is 11.6 Å². The third kappa shape index (κ3) is 3.94. The number of halogens is 5. The highest BCUT2D eigenvalue weighted by atomic mass is 35.5. The van der Waals surface area contributed by atoms with E-state index in [9.17, 15) is 17.6 Å². The van der Waals surface area contributed by atoms with Gasteiger partial charge in [-0.3, -0.25) is 0 Å². The molecule has 0 amide bonds. The lowest BCUT2D eigenvalue weighted by molar-refractivity contribution is -0.0561. The SMILES string of the molecule is Fc1ccc(NCc2cnc(OC(F)F)nc2)c(F)c1Cl. The van der Waals surface area contributed by atoms with Gasteiger partial charge in [-0.2, -0.15) is 8.78 Å². The zero-order chi connectivity index (χ0) is 15.4. The highest BCUT2D eigenvalue weighted by molar-refractivity contribution is 6.31. The maximum Gasteiger partial charge on any atom is 0.389 e. The molecule has 0 radical (unpaired) electrons. The molecule has 0 spiro atoms. The molecule has 2 rings (SSSR count). The number of nitrogens with zero attached hydrogens (tertiary/aromatic N) is 2. The van der Waals surface area contributed by atoms with Crippen molar-refractivity contribution in [3.8, 4) is 6.01 Å². The maximum atomic E-state index is 13.6. The van der Waals surface area contributed by atoms with E-state index >= 15 is 0 Å². The van der Waals surface area contributed by atoms with Gasteiger partial charge in [0.2, 0.25) is 0 Å². The number of anilines is 1. The second-order valence-electron chi connectivity index (χ2n) is 3.83. The van der Waals surface area contributed by atoms with Crippen LogP contribution in [0.1, 0.15) is 5.56 Å². The van der Waals surface area contributed by atoms with Gasteiger partial charge in [0, 0.05) is 24.5 Å². The van der Waals surface area contributed by atoms with Gasteiger partial charge in [-0.15, -0.1) is 0 Å². The molecule has 0 saturated carbocycles. The smallest absolute Gasteiger partial charge is 0.389 e. The Morgan fingerprint density at radius 1 is 1.19 bits per heavy atom. The molecular formula is C12H8ClF4N3O. The van der Waals surface area contributed by atoms with E-state index < -0.39 is 29.3 Å². The Labute approximate surface area is 121 Å². The van der Waals surface area contributed by atoms with Crippen LogP contribution in [-0.2, 0) is 6.54 Å². The van der Waals surface area contributed by atoms with Crippen molar-refractivity contribution in [2.24, 2.45) is 0 Å². The Morgan fingerprint density at radius 2 is 1.86 bits per heavy atom. The molecular weight excluding hydrogens is 314 g/mol. The highest BCUT2D eigenvalue weighted by Crippen LogP contribution is 2.25. The number of hydrogen-bond donors (Lipinski definition) is 1. The summed E-state index contributed by atoms with van der Waals surface area (Å²) in [5.41, 5.74) is 0.478. The number of hydrogen-bond acceptors (Lipinski definition) is 4. The molecule has 112 valence electrons. The lowest BCUT2D eigenvalue weighted by Crippen LogP contribution is -2.07. The lowest BCUT2D eigenvalue weighted by atomic mass is 10.2. The fourth-order valence-electron chi connectivity index (χ4n) is 1.43. The molecule has 21 heavy (non-hydrogen) atoms. The van der Waals surface area contributed by atoms with Gasteiger partial charge in [0.25, 0.3) is 0 Å². The van der Waals surface area contributed by atoms with Crippen LogP contribution in [0.5, 0.6) is 6.01 Å². The monoisotopic (exact) mass is 321 g/mol. The van der Waals surface area contributed by atoms with Gasteiger partial charge in [-0.25, -0.2) is 18.7 Å². The standard InChI is InChI=1S/C12H8ClF4N3O/c13-9-7(14)1-2-8(10(9)15)18-3-6-4-19-12(20-5-6)21-11(16)17/h1-2,4-5,11,18H,3H2. The van der Waals surface area contributed by atoms with E-state index in [0.717, 1.165) is 6.07 Å². The number of ether oxygens (including phenoxy) is 1. The van der Waals surface area contributed by atoms with Crippen molar-refractivity contribution in [1.82, 2.24) is 9.97 Å². The van der Waals surface area contributed by atoms with Gasteiger partial charge < -0.3 is 10.1 Å². The molecule has 0 bridgehead atoms. The topological polar surface area (TPSA) is 47.0 Å². The first-order chi connectivity index (χ1) is 9.97. The summed E-state index contributed by atoms with van der Waals surface area (Å²) < 4.78 is 54.4. The van der Waals surface area contributed by atoms with Gasteiger partial charge >= 0.3 is 12.6 Å². The van der Waals surface area contributed by atoms with Gasteiger partial charge in [0.05, 0.1) is 5.69 Å². The van der Waals surface area contributed by atoms with Crippen LogP contribution in [0.15, 0.2) is 24.5 Å². The fourth-order valence-corrected chi connectivity index (χ4v) is 1.60. The molecule has 2 aromatic rings. The number of rotatable bonds is 5. The summed E-state index contributed by atoms with van der Waals surface area (Å²) in [4.78, 5) is 7.10. The summed E-state index contributed by atoms with van der Waals surface area (Å²) in [7, 11) is 0. The largest absolute Gasteiger partial charge is 0.401 e. The summed E-state index contributed by atoms with van der Waals surface area (Å²) in [5.74, 6) is -1.79. The predicted octanol–water partition coefficient (Wildman–Crippen LogP) is 3.62. The van der Waals surface area contributed by atoms with Crippen LogP contribution in [0.3, 0.4) is 0 Å². The van der Waals surface area contributed by atoms with E-state index in [2.05, 4.69) is 20.0 Å². The molecule has 1 aromatic carbocycles. The van der Waals surface area contributed by atoms with Crippen molar-refractivity contribution in [2.45, 2.75) is 13.2 Å². The van der Waals surface area contributed by atoms with Crippen molar-refractivity contribution in [3.05, 3.63) is 46.7 Å². The summed E-state index contributed by atoms with van der Waals surface area (Å²) in [6.45, 7) is -2.92. The van der Waals surface area contributed by atoms with Gasteiger partial charge in [-0.05, 0) is 12.1 Å². The van der Waals surface area contributed by atoms with E-state index in [0.29, 0.717) is 5.56 Å². The van der Waals surface area contributed by atoms with Crippen LogP contribution in [0.25, 0.3) is 0 Å². The number of benzene rings is 1. The van der Waals surface area contributed by atoms with Crippen LogP contribution in [0.2, 0.25) is 5.02 Å². The van der Waals surface area contributed by atoms with Crippen LogP contribution in [0, 0.1) is 11.6 Å². The second kappa shape index (κ2) is 6.57. The summed E-state index contributed by atoms with van der Waals surface area (Å²) in [6.07, 6.45) is 2.47. The molecule has 9 heteroatoms. The Kier molecular flexibility index (Phi) is 4.79. The Bertz CT molecular complexity index is 625. The lowest BCUT2D eigenvalue weighted by Gasteiger charge is -2.09. The molecule has 1 heterocycles. The Morgan fingerprint density at radius 3 is 2.48 bits per heavy atom. The zero-order valence-electron chi connectivity index (χ0n) is 10.3. The minimum Gasteiger partial charge on any atom is -0.401 e. The number of aromatic nitrogens is 2. The molecule has 0 aliphatic carbocycles. The van der Waals surface area contributed by atoms with Gasteiger partial charge in [0.15, 0.2) is 5.82 Å². The molecule has 0 fully saturated rings. The number of alkyl halides is 2. The van der Waals surface area contributed by atoms with Crippen molar-refractivity contribution < 1.29 is 22.3 Å². The molecule has 1 aromatic heterocycles. The third-order valence-corrected chi connectivity index (χ3v) is 2.74. The molecule has 1 N–H and O–H groups in total. The summed E-state index contributed by atoms with van der Waals surface area (Å²) in [5, 5.41) is 2.05. The third-order valence-electron chi connectivity index (χ3n) is 2.39. The molecule has 0 unspecified atom stereocenters. The molecule has 0 saturated heterocycles. The molecule has 4 nitrogen and oxygen atoms in total. The highest BCUT2D eigenvalue weighted by Gasteiger charge is 2.11. The van der Waals surface area contributed by atoms with Gasteiger partial charge in [0.1, 0.15) is 10.8 Å². The van der Waals surface area contributed by atoms with Crippen LogP contribution in [-0.4, -0.2) is 16.6 Å².